The van der Waals surface area contributed by atoms with Crippen LogP contribution >= 0.6 is 24.8 Å². The van der Waals surface area contributed by atoms with Gasteiger partial charge in [0.15, 0.2) is 0 Å². The van der Waals surface area contributed by atoms with Crippen molar-refractivity contribution in [3.8, 4) is 0 Å². The fourth-order valence-corrected chi connectivity index (χ4v) is 4.87. The monoisotopic (exact) mass is 428 g/mol. The van der Waals surface area contributed by atoms with Gasteiger partial charge in [0.1, 0.15) is 5.82 Å². The van der Waals surface area contributed by atoms with E-state index in [0.717, 1.165) is 42.8 Å². The van der Waals surface area contributed by atoms with Crippen molar-refractivity contribution in [3.05, 3.63) is 24.3 Å². The number of aromatic amines is 1. The predicted molar refractivity (Wildman–Crippen MR) is 114 cm³/mol. The third kappa shape index (κ3) is 5.37. The molecule has 4 rings (SSSR count). The maximum absolute atomic E-state index is 11.3. The highest BCUT2D eigenvalue weighted by Gasteiger charge is 2.34. The molecule has 0 unspecified atom stereocenters. The molecule has 6 nitrogen and oxygen atoms in total. The van der Waals surface area contributed by atoms with E-state index in [2.05, 4.69) is 14.9 Å². The van der Waals surface area contributed by atoms with Gasteiger partial charge in [0.05, 0.1) is 17.2 Å². The van der Waals surface area contributed by atoms with Gasteiger partial charge in [-0.3, -0.25) is 9.78 Å². The van der Waals surface area contributed by atoms with Gasteiger partial charge in [-0.1, -0.05) is 19.3 Å². The zero-order valence-electron chi connectivity index (χ0n) is 16.0. The second-order valence-electron chi connectivity index (χ2n) is 7.97. The van der Waals surface area contributed by atoms with Crippen LogP contribution in [0.1, 0.15) is 50.8 Å². The second-order valence-corrected chi connectivity index (χ2v) is 7.97. The SMILES string of the molecule is Cl.Cl.O=C(O)C[C@@H]1CCN(C2CCCCC2)C[C@@H]1Cc1nc2ccncc2[nH]1. The predicted octanol–water partition coefficient (Wildman–Crippen LogP) is 4.09. The van der Waals surface area contributed by atoms with Crippen LogP contribution in [0, 0.1) is 11.8 Å². The van der Waals surface area contributed by atoms with Gasteiger partial charge >= 0.3 is 5.97 Å². The number of carboxylic acid groups (broad SMARTS) is 1. The van der Waals surface area contributed by atoms with E-state index in [-0.39, 0.29) is 37.2 Å². The molecule has 0 amide bonds. The van der Waals surface area contributed by atoms with Crippen molar-refractivity contribution >= 4 is 41.8 Å². The van der Waals surface area contributed by atoms with Crippen LogP contribution in [-0.2, 0) is 11.2 Å². The van der Waals surface area contributed by atoms with Gasteiger partial charge in [-0.05, 0) is 43.7 Å². The first-order chi connectivity index (χ1) is 12.7. The van der Waals surface area contributed by atoms with Crippen LogP contribution in [0.2, 0.25) is 0 Å². The number of carbonyl (C=O) groups is 1. The standard InChI is InChI=1S/C20H28N4O2.2ClH/c25-20(26)11-14-7-9-24(16-4-2-1-3-5-16)13-15(14)10-19-22-17-6-8-21-12-18(17)23-19;;/h6,8,12,14-16H,1-5,7,9-11,13H2,(H,22,23)(H,25,26);2*1H/t14-,15-;;/m0../s1. The molecule has 8 heteroatoms. The fraction of sp³-hybridized carbons (Fsp3) is 0.650. The summed E-state index contributed by atoms with van der Waals surface area (Å²) in [7, 11) is 0. The molecule has 156 valence electrons. The van der Waals surface area contributed by atoms with E-state index in [1.54, 1.807) is 12.4 Å². The molecule has 0 bridgehead atoms. The summed E-state index contributed by atoms with van der Waals surface area (Å²) in [5.74, 6) is 0.854. The van der Waals surface area contributed by atoms with Gasteiger partial charge < -0.3 is 15.0 Å². The van der Waals surface area contributed by atoms with Gasteiger partial charge in [-0.25, -0.2) is 4.98 Å². The van der Waals surface area contributed by atoms with Crippen LogP contribution in [0.25, 0.3) is 11.0 Å². The number of fused-ring (bicyclic) bond motifs is 1. The molecule has 2 fully saturated rings. The number of hydrogen-bond donors (Lipinski definition) is 2. The van der Waals surface area contributed by atoms with Gasteiger partial charge in [0, 0.05) is 31.6 Å². The lowest BCUT2D eigenvalue weighted by atomic mass is 9.79. The third-order valence-electron chi connectivity index (χ3n) is 6.24. The Morgan fingerprint density at radius 3 is 2.68 bits per heavy atom. The molecule has 3 heterocycles. The smallest absolute Gasteiger partial charge is 0.303 e. The van der Waals surface area contributed by atoms with E-state index >= 15 is 0 Å². The van der Waals surface area contributed by atoms with Gasteiger partial charge in [-0.15, -0.1) is 24.8 Å². The zero-order valence-corrected chi connectivity index (χ0v) is 17.7. The molecule has 0 spiro atoms. The summed E-state index contributed by atoms with van der Waals surface area (Å²) in [6.07, 6.45) is 12.3. The van der Waals surface area contributed by atoms with Crippen molar-refractivity contribution < 1.29 is 9.90 Å². The Labute approximate surface area is 178 Å². The number of H-pyrrole nitrogens is 1. The summed E-state index contributed by atoms with van der Waals surface area (Å²) in [5.41, 5.74) is 1.89. The summed E-state index contributed by atoms with van der Waals surface area (Å²) < 4.78 is 0. The zero-order chi connectivity index (χ0) is 17.9. The molecule has 2 N–H and O–H groups in total. The number of carboxylic acids is 1. The molecule has 1 saturated carbocycles. The van der Waals surface area contributed by atoms with Crippen LogP contribution in [-0.4, -0.2) is 50.1 Å². The number of piperidine rings is 1. The van der Waals surface area contributed by atoms with Crippen LogP contribution < -0.4 is 0 Å². The Morgan fingerprint density at radius 2 is 1.96 bits per heavy atom. The van der Waals surface area contributed by atoms with Crippen LogP contribution in [0.4, 0.5) is 0 Å². The number of aromatic nitrogens is 3. The number of aliphatic carboxylic acids is 1. The van der Waals surface area contributed by atoms with E-state index in [9.17, 15) is 9.90 Å². The Hall–Kier alpha value is -1.37. The summed E-state index contributed by atoms with van der Waals surface area (Å²) in [6.45, 7) is 2.04. The van der Waals surface area contributed by atoms with Crippen LogP contribution in [0.15, 0.2) is 18.5 Å². The first kappa shape index (κ1) is 22.9. The van der Waals surface area contributed by atoms with E-state index in [1.165, 1.54) is 32.1 Å². The first-order valence-corrected chi connectivity index (χ1v) is 9.93. The third-order valence-corrected chi connectivity index (χ3v) is 6.24. The molecular formula is C20H30Cl2N4O2. The Balaban J connectivity index is 0.00000140. The number of nitrogens with one attached hydrogen (secondary N) is 1. The second kappa shape index (κ2) is 10.4. The Kier molecular flexibility index (Phi) is 8.53. The minimum atomic E-state index is -0.681. The lowest BCUT2D eigenvalue weighted by molar-refractivity contribution is -0.139. The highest BCUT2D eigenvalue weighted by molar-refractivity contribution is 5.85. The molecule has 2 aromatic rings. The molecule has 1 aliphatic heterocycles. The van der Waals surface area contributed by atoms with E-state index < -0.39 is 5.97 Å². The normalized spacial score (nSPS) is 23.7. The van der Waals surface area contributed by atoms with E-state index in [1.807, 2.05) is 6.07 Å². The largest absolute Gasteiger partial charge is 0.481 e. The summed E-state index contributed by atoms with van der Waals surface area (Å²) in [6, 6.07) is 2.61. The lowest BCUT2D eigenvalue weighted by Gasteiger charge is -2.43. The van der Waals surface area contributed by atoms with E-state index in [0.29, 0.717) is 12.0 Å². The number of hydrogen-bond acceptors (Lipinski definition) is 4. The minimum absolute atomic E-state index is 0. The van der Waals surface area contributed by atoms with Crippen molar-refractivity contribution in [3.63, 3.8) is 0 Å². The first-order valence-electron chi connectivity index (χ1n) is 9.93. The number of imidazole rings is 1. The topological polar surface area (TPSA) is 82.1 Å². The molecule has 2 atom stereocenters. The average molecular weight is 429 g/mol. The Morgan fingerprint density at radius 1 is 1.18 bits per heavy atom. The molecular weight excluding hydrogens is 399 g/mol. The maximum Gasteiger partial charge on any atom is 0.303 e. The van der Waals surface area contributed by atoms with Crippen molar-refractivity contribution in [2.45, 2.75) is 57.4 Å². The van der Waals surface area contributed by atoms with Crippen molar-refractivity contribution in [1.29, 1.82) is 0 Å². The van der Waals surface area contributed by atoms with Crippen LogP contribution in [0.5, 0.6) is 0 Å². The number of halogens is 2. The number of rotatable bonds is 5. The summed E-state index contributed by atoms with van der Waals surface area (Å²) in [5, 5.41) is 9.33. The minimum Gasteiger partial charge on any atom is -0.481 e. The molecule has 28 heavy (non-hydrogen) atoms. The highest BCUT2D eigenvalue weighted by atomic mass is 35.5. The molecule has 2 aromatic heterocycles. The van der Waals surface area contributed by atoms with Crippen molar-refractivity contribution in [1.82, 2.24) is 19.9 Å². The molecule has 1 saturated heterocycles. The quantitative estimate of drug-likeness (QED) is 0.748. The molecule has 0 aromatic carbocycles. The Bertz CT molecular complexity index is 730. The summed E-state index contributed by atoms with van der Waals surface area (Å²) in [4.78, 5) is 26.2. The van der Waals surface area contributed by atoms with E-state index in [4.69, 9.17) is 4.98 Å². The van der Waals surface area contributed by atoms with Crippen molar-refractivity contribution in [2.75, 3.05) is 13.1 Å². The average Bonchev–Trinajstić information content (AvgIpc) is 3.06. The van der Waals surface area contributed by atoms with Crippen molar-refractivity contribution in [2.24, 2.45) is 11.8 Å². The number of pyridine rings is 1. The highest BCUT2D eigenvalue weighted by Crippen LogP contribution is 2.33. The molecule has 1 aliphatic carbocycles. The van der Waals surface area contributed by atoms with Gasteiger partial charge in [0.25, 0.3) is 0 Å². The van der Waals surface area contributed by atoms with Gasteiger partial charge in [-0.2, -0.15) is 0 Å². The molecule has 0 radical (unpaired) electrons. The van der Waals surface area contributed by atoms with Crippen LogP contribution in [0.3, 0.4) is 0 Å². The number of likely N-dealkylation sites (tertiary alicyclic amines) is 1. The maximum atomic E-state index is 11.3. The molecule has 2 aliphatic rings. The summed E-state index contributed by atoms with van der Waals surface area (Å²) >= 11 is 0. The van der Waals surface area contributed by atoms with Gasteiger partial charge in [0.2, 0.25) is 0 Å². The lowest BCUT2D eigenvalue weighted by Crippen LogP contribution is -2.47. The fourth-order valence-electron chi connectivity index (χ4n) is 4.87. The number of nitrogens with zero attached hydrogens (tertiary/aromatic N) is 3.